The van der Waals surface area contributed by atoms with Gasteiger partial charge in [-0.15, -0.1) is 0 Å². The van der Waals surface area contributed by atoms with E-state index in [1.54, 1.807) is 0 Å². The number of benzene rings is 1. The van der Waals surface area contributed by atoms with Crippen LogP contribution in [-0.2, 0) is 6.54 Å². The van der Waals surface area contributed by atoms with Crippen LogP contribution in [0.1, 0.15) is 18.4 Å². The fourth-order valence-corrected chi connectivity index (χ4v) is 2.35. The molecule has 0 saturated carbocycles. The van der Waals surface area contributed by atoms with E-state index in [0.29, 0.717) is 0 Å². The molecule has 0 unspecified atom stereocenters. The molecular weight excluding hydrogens is 222 g/mol. The molecular formula is C15H25N3. The van der Waals surface area contributed by atoms with Crippen molar-refractivity contribution in [2.75, 3.05) is 39.3 Å². The van der Waals surface area contributed by atoms with Gasteiger partial charge >= 0.3 is 0 Å². The van der Waals surface area contributed by atoms with Gasteiger partial charge < -0.3 is 15.5 Å². The average molecular weight is 247 g/mol. The van der Waals surface area contributed by atoms with Crippen molar-refractivity contribution in [3.63, 3.8) is 0 Å². The molecule has 0 radical (unpaired) electrons. The Morgan fingerprint density at radius 1 is 1.06 bits per heavy atom. The predicted molar refractivity (Wildman–Crippen MR) is 76.7 cm³/mol. The summed E-state index contributed by atoms with van der Waals surface area (Å²) in [4.78, 5) is 2.56. The molecule has 0 aromatic heterocycles. The van der Waals surface area contributed by atoms with Crippen LogP contribution in [0.25, 0.3) is 0 Å². The van der Waals surface area contributed by atoms with Crippen LogP contribution in [0.3, 0.4) is 0 Å². The van der Waals surface area contributed by atoms with Gasteiger partial charge in [0, 0.05) is 32.7 Å². The fourth-order valence-electron chi connectivity index (χ4n) is 2.35. The molecule has 3 heteroatoms. The SMILES string of the molecule is c1ccc(CNCCCCN2CCNCC2)cc1. The first-order valence-corrected chi connectivity index (χ1v) is 7.13. The average Bonchev–Trinajstić information content (AvgIpc) is 2.45. The Labute approximate surface area is 111 Å². The Morgan fingerprint density at radius 2 is 1.83 bits per heavy atom. The molecule has 0 bridgehead atoms. The fraction of sp³-hybridized carbons (Fsp3) is 0.600. The zero-order valence-corrected chi connectivity index (χ0v) is 11.2. The van der Waals surface area contributed by atoms with Crippen LogP contribution >= 0.6 is 0 Å². The molecule has 1 aromatic rings. The standard InChI is InChI=1S/C15H25N3/c1-2-6-15(7-3-1)14-17-8-4-5-11-18-12-9-16-10-13-18/h1-3,6-7,16-17H,4-5,8-14H2. The normalized spacial score (nSPS) is 16.9. The lowest BCUT2D eigenvalue weighted by atomic mass is 10.2. The summed E-state index contributed by atoms with van der Waals surface area (Å²) in [5, 5.41) is 6.90. The molecule has 1 heterocycles. The van der Waals surface area contributed by atoms with Gasteiger partial charge in [0.2, 0.25) is 0 Å². The smallest absolute Gasteiger partial charge is 0.0205 e. The van der Waals surface area contributed by atoms with E-state index in [-0.39, 0.29) is 0 Å². The Kier molecular flexibility index (Phi) is 6.20. The lowest BCUT2D eigenvalue weighted by Crippen LogP contribution is -2.43. The minimum absolute atomic E-state index is 0.995. The number of hydrogen-bond acceptors (Lipinski definition) is 3. The van der Waals surface area contributed by atoms with Gasteiger partial charge in [-0.25, -0.2) is 0 Å². The molecule has 18 heavy (non-hydrogen) atoms. The Balaban J connectivity index is 1.46. The van der Waals surface area contributed by atoms with Gasteiger partial charge in [0.1, 0.15) is 0 Å². The van der Waals surface area contributed by atoms with E-state index >= 15 is 0 Å². The van der Waals surface area contributed by atoms with Crippen LogP contribution in [0, 0.1) is 0 Å². The number of nitrogens with one attached hydrogen (secondary N) is 2. The van der Waals surface area contributed by atoms with Crippen LogP contribution in [0.5, 0.6) is 0 Å². The molecule has 0 aliphatic carbocycles. The summed E-state index contributed by atoms with van der Waals surface area (Å²) in [5.41, 5.74) is 1.37. The van der Waals surface area contributed by atoms with Crippen molar-refractivity contribution in [1.29, 1.82) is 0 Å². The Morgan fingerprint density at radius 3 is 2.61 bits per heavy atom. The van der Waals surface area contributed by atoms with Crippen molar-refractivity contribution in [2.45, 2.75) is 19.4 Å². The molecule has 0 atom stereocenters. The first-order chi connectivity index (χ1) is 8.95. The second-order valence-corrected chi connectivity index (χ2v) is 4.96. The maximum Gasteiger partial charge on any atom is 0.0205 e. The highest BCUT2D eigenvalue weighted by molar-refractivity contribution is 5.14. The molecule has 0 spiro atoms. The summed E-state index contributed by atoms with van der Waals surface area (Å²) < 4.78 is 0. The van der Waals surface area contributed by atoms with E-state index in [2.05, 4.69) is 45.9 Å². The summed E-state index contributed by atoms with van der Waals surface area (Å²) in [6, 6.07) is 10.6. The van der Waals surface area contributed by atoms with Crippen LogP contribution in [-0.4, -0.2) is 44.2 Å². The summed E-state index contributed by atoms with van der Waals surface area (Å²) in [5.74, 6) is 0. The molecule has 1 aliphatic heterocycles. The largest absolute Gasteiger partial charge is 0.314 e. The second kappa shape index (κ2) is 8.25. The van der Waals surface area contributed by atoms with Gasteiger partial charge in [-0.05, 0) is 31.5 Å². The summed E-state index contributed by atoms with van der Waals surface area (Å²) in [6.07, 6.45) is 2.58. The van der Waals surface area contributed by atoms with E-state index in [4.69, 9.17) is 0 Å². The number of unbranched alkanes of at least 4 members (excludes halogenated alkanes) is 1. The van der Waals surface area contributed by atoms with Gasteiger partial charge in [-0.3, -0.25) is 0 Å². The summed E-state index contributed by atoms with van der Waals surface area (Å²) >= 11 is 0. The van der Waals surface area contributed by atoms with Gasteiger partial charge in [0.25, 0.3) is 0 Å². The molecule has 1 aliphatic rings. The van der Waals surface area contributed by atoms with Crippen LogP contribution in [0.4, 0.5) is 0 Å². The van der Waals surface area contributed by atoms with Crippen molar-refractivity contribution in [1.82, 2.24) is 15.5 Å². The molecule has 1 fully saturated rings. The quantitative estimate of drug-likeness (QED) is 0.714. The molecule has 2 rings (SSSR count). The van der Waals surface area contributed by atoms with Crippen molar-refractivity contribution in [3.8, 4) is 0 Å². The maximum atomic E-state index is 3.51. The van der Waals surface area contributed by atoms with Gasteiger partial charge in [0.05, 0.1) is 0 Å². The molecule has 3 nitrogen and oxygen atoms in total. The lowest BCUT2D eigenvalue weighted by molar-refractivity contribution is 0.236. The monoisotopic (exact) mass is 247 g/mol. The number of rotatable bonds is 7. The zero-order chi connectivity index (χ0) is 12.5. The molecule has 0 amide bonds. The first kappa shape index (κ1) is 13.5. The van der Waals surface area contributed by atoms with E-state index in [1.165, 1.54) is 38.0 Å². The van der Waals surface area contributed by atoms with Crippen LogP contribution < -0.4 is 10.6 Å². The molecule has 100 valence electrons. The highest BCUT2D eigenvalue weighted by Gasteiger charge is 2.07. The van der Waals surface area contributed by atoms with Crippen molar-refractivity contribution in [3.05, 3.63) is 35.9 Å². The van der Waals surface area contributed by atoms with Crippen LogP contribution in [0.15, 0.2) is 30.3 Å². The molecule has 1 aromatic carbocycles. The third-order valence-electron chi connectivity index (χ3n) is 3.46. The highest BCUT2D eigenvalue weighted by atomic mass is 15.2. The summed E-state index contributed by atoms with van der Waals surface area (Å²) in [7, 11) is 0. The van der Waals surface area contributed by atoms with Gasteiger partial charge in [-0.2, -0.15) is 0 Å². The van der Waals surface area contributed by atoms with Gasteiger partial charge in [0.15, 0.2) is 0 Å². The topological polar surface area (TPSA) is 27.3 Å². The van der Waals surface area contributed by atoms with Crippen molar-refractivity contribution in [2.24, 2.45) is 0 Å². The van der Waals surface area contributed by atoms with E-state index < -0.39 is 0 Å². The van der Waals surface area contributed by atoms with E-state index in [0.717, 1.165) is 26.2 Å². The van der Waals surface area contributed by atoms with Crippen molar-refractivity contribution >= 4 is 0 Å². The highest BCUT2D eigenvalue weighted by Crippen LogP contribution is 1.99. The van der Waals surface area contributed by atoms with Crippen LogP contribution in [0.2, 0.25) is 0 Å². The number of nitrogens with zero attached hydrogens (tertiary/aromatic N) is 1. The molecule has 1 saturated heterocycles. The number of hydrogen-bond donors (Lipinski definition) is 2. The zero-order valence-electron chi connectivity index (χ0n) is 11.2. The third kappa shape index (κ3) is 5.17. The third-order valence-corrected chi connectivity index (χ3v) is 3.46. The number of piperazine rings is 1. The predicted octanol–water partition coefficient (Wildman–Crippen LogP) is 1.46. The van der Waals surface area contributed by atoms with E-state index in [9.17, 15) is 0 Å². The Bertz CT molecular complexity index is 307. The lowest BCUT2D eigenvalue weighted by Gasteiger charge is -2.27. The van der Waals surface area contributed by atoms with Gasteiger partial charge in [-0.1, -0.05) is 30.3 Å². The Hall–Kier alpha value is -0.900. The minimum atomic E-state index is 0.995. The summed E-state index contributed by atoms with van der Waals surface area (Å²) in [6.45, 7) is 8.14. The van der Waals surface area contributed by atoms with Crippen molar-refractivity contribution < 1.29 is 0 Å². The maximum absolute atomic E-state index is 3.51. The molecule has 2 N–H and O–H groups in total. The first-order valence-electron chi connectivity index (χ1n) is 7.13. The second-order valence-electron chi connectivity index (χ2n) is 4.96. The van der Waals surface area contributed by atoms with E-state index in [1.807, 2.05) is 0 Å². The minimum Gasteiger partial charge on any atom is -0.314 e.